The molecule has 1 atom stereocenters. The SMILES string of the molecule is O=C1CCCC2=C1[C@H](c1ccc(Oc3ccc(F)cc3)c([N+](=O)[O-])c1)n1ncnc1N2. The lowest BCUT2D eigenvalue weighted by Crippen LogP contribution is -2.31. The molecule has 0 amide bonds. The maximum absolute atomic E-state index is 13.1. The van der Waals surface area contributed by atoms with E-state index in [2.05, 4.69) is 15.4 Å². The molecule has 1 aromatic heterocycles. The molecule has 2 aliphatic rings. The fraction of sp³-hybridized carbons (Fsp3) is 0.190. The number of ketones is 1. The van der Waals surface area contributed by atoms with Crippen LogP contribution in [-0.2, 0) is 4.79 Å². The van der Waals surface area contributed by atoms with Crippen molar-refractivity contribution >= 4 is 17.4 Å². The second-order valence-corrected chi connectivity index (χ2v) is 7.26. The maximum Gasteiger partial charge on any atom is 0.311 e. The third-order valence-corrected chi connectivity index (χ3v) is 5.35. The maximum atomic E-state index is 13.1. The number of nitro benzene ring substituents is 1. The van der Waals surface area contributed by atoms with Crippen molar-refractivity contribution in [3.63, 3.8) is 0 Å². The van der Waals surface area contributed by atoms with Gasteiger partial charge < -0.3 is 10.1 Å². The summed E-state index contributed by atoms with van der Waals surface area (Å²) in [7, 11) is 0. The minimum atomic E-state index is -0.625. The van der Waals surface area contributed by atoms with E-state index in [0.717, 1.165) is 12.1 Å². The second kappa shape index (κ2) is 7.31. The lowest BCUT2D eigenvalue weighted by atomic mass is 9.85. The molecular formula is C21H16FN5O4. The summed E-state index contributed by atoms with van der Waals surface area (Å²) in [5, 5.41) is 19.2. The Morgan fingerprint density at radius 3 is 2.77 bits per heavy atom. The summed E-state index contributed by atoms with van der Waals surface area (Å²) in [5.41, 5.74) is 1.57. The normalized spacial score (nSPS) is 17.6. The Morgan fingerprint density at radius 1 is 1.19 bits per heavy atom. The quantitative estimate of drug-likeness (QED) is 0.498. The Morgan fingerprint density at radius 2 is 2.00 bits per heavy atom. The van der Waals surface area contributed by atoms with Gasteiger partial charge in [-0.3, -0.25) is 14.9 Å². The second-order valence-electron chi connectivity index (χ2n) is 7.26. The van der Waals surface area contributed by atoms with Crippen molar-refractivity contribution in [1.29, 1.82) is 0 Å². The zero-order valence-electron chi connectivity index (χ0n) is 16.1. The van der Waals surface area contributed by atoms with Crippen LogP contribution in [0.2, 0.25) is 0 Å². The van der Waals surface area contributed by atoms with Crippen LogP contribution in [0.25, 0.3) is 0 Å². The Labute approximate surface area is 175 Å². The summed E-state index contributed by atoms with van der Waals surface area (Å²) in [6.45, 7) is 0. The first kappa shape index (κ1) is 18.9. The molecule has 31 heavy (non-hydrogen) atoms. The van der Waals surface area contributed by atoms with Crippen LogP contribution in [0.1, 0.15) is 30.9 Å². The number of allylic oxidation sites excluding steroid dienone is 2. The Kier molecular flexibility index (Phi) is 4.46. The number of nitro groups is 1. The van der Waals surface area contributed by atoms with Gasteiger partial charge in [0.2, 0.25) is 11.7 Å². The third-order valence-electron chi connectivity index (χ3n) is 5.35. The Hall–Kier alpha value is -4.08. The van der Waals surface area contributed by atoms with Crippen LogP contribution in [0.3, 0.4) is 0 Å². The highest BCUT2D eigenvalue weighted by Crippen LogP contribution is 2.42. The fourth-order valence-corrected chi connectivity index (χ4v) is 3.97. The molecule has 0 saturated heterocycles. The average Bonchev–Trinajstić information content (AvgIpc) is 3.22. The number of fused-ring (bicyclic) bond motifs is 1. The number of rotatable bonds is 4. The van der Waals surface area contributed by atoms with Gasteiger partial charge in [-0.15, -0.1) is 0 Å². The fourth-order valence-electron chi connectivity index (χ4n) is 3.97. The van der Waals surface area contributed by atoms with Crippen LogP contribution in [0.5, 0.6) is 11.5 Å². The lowest BCUT2D eigenvalue weighted by Gasteiger charge is -2.32. The van der Waals surface area contributed by atoms with Gasteiger partial charge in [0.15, 0.2) is 5.78 Å². The highest BCUT2D eigenvalue weighted by molar-refractivity contribution is 5.99. The van der Waals surface area contributed by atoms with Gasteiger partial charge in [-0.2, -0.15) is 10.1 Å². The molecule has 0 unspecified atom stereocenters. The van der Waals surface area contributed by atoms with Crippen LogP contribution in [0, 0.1) is 15.9 Å². The van der Waals surface area contributed by atoms with Gasteiger partial charge in [0, 0.05) is 23.8 Å². The molecule has 3 aromatic rings. The van der Waals surface area contributed by atoms with Crippen LogP contribution in [-0.4, -0.2) is 25.5 Å². The summed E-state index contributed by atoms with van der Waals surface area (Å²) in [5.74, 6) is 0.303. The van der Waals surface area contributed by atoms with Crippen molar-refractivity contribution < 1.29 is 18.8 Å². The van der Waals surface area contributed by atoms with E-state index in [-0.39, 0.29) is 23.0 Å². The molecule has 156 valence electrons. The van der Waals surface area contributed by atoms with E-state index in [1.54, 1.807) is 10.7 Å². The van der Waals surface area contributed by atoms with Crippen molar-refractivity contribution in [2.45, 2.75) is 25.3 Å². The van der Waals surface area contributed by atoms with Crippen LogP contribution < -0.4 is 10.1 Å². The molecule has 5 rings (SSSR count). The first-order chi connectivity index (χ1) is 15.0. The molecule has 1 aliphatic heterocycles. The van der Waals surface area contributed by atoms with Gasteiger partial charge in [0.05, 0.1) is 4.92 Å². The van der Waals surface area contributed by atoms with Crippen LogP contribution >= 0.6 is 0 Å². The van der Waals surface area contributed by atoms with Gasteiger partial charge >= 0.3 is 5.69 Å². The van der Waals surface area contributed by atoms with Crippen molar-refractivity contribution in [1.82, 2.24) is 14.8 Å². The van der Waals surface area contributed by atoms with E-state index in [9.17, 15) is 19.3 Å². The summed E-state index contributed by atoms with van der Waals surface area (Å²) in [6.07, 6.45) is 3.21. The number of benzene rings is 2. The number of aromatic nitrogens is 3. The largest absolute Gasteiger partial charge is 0.450 e. The molecule has 1 N–H and O–H groups in total. The number of carbonyl (C=O) groups excluding carboxylic acids is 1. The molecule has 2 aromatic carbocycles. The summed E-state index contributed by atoms with van der Waals surface area (Å²) < 4.78 is 20.3. The minimum Gasteiger partial charge on any atom is -0.450 e. The number of nitrogens with zero attached hydrogens (tertiary/aromatic N) is 4. The predicted octanol–water partition coefficient (Wildman–Crippen LogP) is 4.14. The smallest absolute Gasteiger partial charge is 0.311 e. The van der Waals surface area contributed by atoms with Crippen LogP contribution in [0.4, 0.5) is 16.0 Å². The van der Waals surface area contributed by atoms with Crippen molar-refractivity contribution in [3.05, 3.63) is 81.6 Å². The molecule has 0 bridgehead atoms. The van der Waals surface area contributed by atoms with E-state index in [4.69, 9.17) is 4.74 Å². The Balaban J connectivity index is 1.59. The molecule has 10 heteroatoms. The van der Waals surface area contributed by atoms with Gasteiger partial charge in [-0.25, -0.2) is 9.07 Å². The van der Waals surface area contributed by atoms with Gasteiger partial charge in [0.25, 0.3) is 0 Å². The summed E-state index contributed by atoms with van der Waals surface area (Å²) >= 11 is 0. The highest BCUT2D eigenvalue weighted by Gasteiger charge is 2.37. The number of hydrogen-bond acceptors (Lipinski definition) is 7. The number of hydrogen-bond donors (Lipinski definition) is 1. The van der Waals surface area contributed by atoms with E-state index in [1.807, 2.05) is 0 Å². The van der Waals surface area contributed by atoms with Gasteiger partial charge in [-0.1, -0.05) is 6.07 Å². The van der Waals surface area contributed by atoms with Gasteiger partial charge in [0.1, 0.15) is 23.9 Å². The molecule has 0 radical (unpaired) electrons. The summed E-state index contributed by atoms with van der Waals surface area (Å²) in [6, 6.07) is 9.09. The number of carbonyl (C=O) groups is 1. The van der Waals surface area contributed by atoms with E-state index in [1.165, 1.54) is 42.7 Å². The number of halogens is 1. The molecular weight excluding hydrogens is 405 g/mol. The zero-order chi connectivity index (χ0) is 21.5. The van der Waals surface area contributed by atoms with E-state index in [0.29, 0.717) is 29.9 Å². The standard InChI is InChI=1S/C21H16FN5O4/c22-13-5-7-14(8-6-13)31-18-9-4-12(10-16(18)27(29)30)20-19-15(2-1-3-17(19)28)25-21-23-11-24-26(20)21/h4-11,20H,1-3H2,(H,23,24,25)/t20-/m0/s1. The zero-order valence-corrected chi connectivity index (χ0v) is 16.1. The molecule has 0 fully saturated rings. The number of ether oxygens (including phenoxy) is 1. The number of nitrogens with one attached hydrogen (secondary N) is 1. The number of anilines is 1. The van der Waals surface area contributed by atoms with Gasteiger partial charge in [-0.05, 0) is 48.7 Å². The first-order valence-corrected chi connectivity index (χ1v) is 9.66. The van der Waals surface area contributed by atoms with E-state index < -0.39 is 16.8 Å². The lowest BCUT2D eigenvalue weighted by molar-refractivity contribution is -0.385. The Bertz CT molecular complexity index is 1230. The predicted molar refractivity (Wildman–Crippen MR) is 107 cm³/mol. The molecule has 0 spiro atoms. The summed E-state index contributed by atoms with van der Waals surface area (Å²) in [4.78, 5) is 28.2. The molecule has 0 saturated carbocycles. The molecule has 2 heterocycles. The molecule has 1 aliphatic carbocycles. The topological polar surface area (TPSA) is 112 Å². The van der Waals surface area contributed by atoms with Crippen LogP contribution in [0.15, 0.2) is 60.1 Å². The highest BCUT2D eigenvalue weighted by atomic mass is 19.1. The van der Waals surface area contributed by atoms with Crippen molar-refractivity contribution in [2.75, 3.05) is 5.32 Å². The van der Waals surface area contributed by atoms with Crippen molar-refractivity contribution in [3.8, 4) is 11.5 Å². The molecule has 9 nitrogen and oxygen atoms in total. The van der Waals surface area contributed by atoms with Crippen molar-refractivity contribution in [2.24, 2.45) is 0 Å². The first-order valence-electron chi connectivity index (χ1n) is 9.66. The van der Waals surface area contributed by atoms with E-state index >= 15 is 0 Å². The minimum absolute atomic E-state index is 0.0114. The average molecular weight is 421 g/mol. The third kappa shape index (κ3) is 3.31. The monoisotopic (exact) mass is 421 g/mol. The number of Topliss-reactive ketones (excluding diaryl/α,β-unsaturated/α-hetero) is 1.